The largest absolute Gasteiger partial charge is 0.351 e. The summed E-state index contributed by atoms with van der Waals surface area (Å²) >= 11 is 0. The van der Waals surface area contributed by atoms with Gasteiger partial charge in [-0.1, -0.05) is 26.0 Å². The van der Waals surface area contributed by atoms with Crippen LogP contribution < -0.4 is 5.32 Å². The first-order valence-electron chi connectivity index (χ1n) is 8.08. The Balaban J connectivity index is 2.16. The highest BCUT2D eigenvalue weighted by Gasteiger charge is 2.22. The lowest BCUT2D eigenvalue weighted by atomic mass is 10.1. The second kappa shape index (κ2) is 8.64. The second-order valence-electron chi connectivity index (χ2n) is 5.99. The van der Waals surface area contributed by atoms with E-state index in [0.29, 0.717) is 24.4 Å². The Morgan fingerprint density at radius 2 is 2.04 bits per heavy atom. The van der Waals surface area contributed by atoms with Crippen molar-refractivity contribution in [3.8, 4) is 17.3 Å². The Morgan fingerprint density at radius 1 is 1.32 bits per heavy atom. The number of hydrogen-bond donors (Lipinski definition) is 2. The predicted molar refractivity (Wildman–Crippen MR) is 93.5 cm³/mol. The molecule has 0 unspecified atom stereocenters. The molecule has 0 radical (unpaired) electrons. The number of hydrogen-bond acceptors (Lipinski definition) is 4. The Morgan fingerprint density at radius 3 is 2.60 bits per heavy atom. The molecule has 3 amide bonds. The highest BCUT2D eigenvalue weighted by atomic mass is 16.2. The second-order valence-corrected chi connectivity index (χ2v) is 5.99. The summed E-state index contributed by atoms with van der Waals surface area (Å²) < 4.78 is 0. The number of nitriles is 1. The fourth-order valence-corrected chi connectivity index (χ4v) is 2.25. The van der Waals surface area contributed by atoms with Crippen LogP contribution in [-0.4, -0.2) is 39.9 Å². The van der Waals surface area contributed by atoms with Gasteiger partial charge in [0.05, 0.1) is 18.1 Å². The van der Waals surface area contributed by atoms with E-state index in [-0.39, 0.29) is 12.5 Å². The van der Waals surface area contributed by atoms with Gasteiger partial charge in [0.2, 0.25) is 0 Å². The van der Waals surface area contributed by atoms with Crippen molar-refractivity contribution in [3.05, 3.63) is 42.4 Å². The molecule has 2 N–H and O–H groups in total. The van der Waals surface area contributed by atoms with E-state index in [1.54, 1.807) is 36.8 Å². The highest BCUT2D eigenvalue weighted by molar-refractivity contribution is 6.04. The Hall–Kier alpha value is -3.14. The molecule has 0 spiro atoms. The van der Waals surface area contributed by atoms with Gasteiger partial charge in [0.15, 0.2) is 0 Å². The van der Waals surface area contributed by atoms with Crippen LogP contribution >= 0.6 is 0 Å². The van der Waals surface area contributed by atoms with E-state index in [4.69, 9.17) is 5.26 Å². The van der Waals surface area contributed by atoms with Crippen molar-refractivity contribution < 1.29 is 9.59 Å². The monoisotopic (exact) mass is 339 g/mol. The van der Waals surface area contributed by atoms with E-state index in [1.165, 1.54) is 0 Å². The molecule has 0 bridgehead atoms. The predicted octanol–water partition coefficient (Wildman–Crippen LogP) is 2.80. The molecule has 0 atom stereocenters. The van der Waals surface area contributed by atoms with Crippen molar-refractivity contribution in [2.24, 2.45) is 5.92 Å². The topological polar surface area (TPSA) is 102 Å². The molecule has 25 heavy (non-hydrogen) atoms. The summed E-state index contributed by atoms with van der Waals surface area (Å²) in [5.74, 6) is -0.0363. The summed E-state index contributed by atoms with van der Waals surface area (Å²) in [6.45, 7) is 4.21. The number of carbonyl (C=O) groups is 2. The molecule has 2 aromatic rings. The first-order chi connectivity index (χ1) is 12.0. The van der Waals surface area contributed by atoms with Crippen LogP contribution in [0.5, 0.6) is 0 Å². The van der Waals surface area contributed by atoms with Crippen LogP contribution in [0.4, 0.5) is 4.79 Å². The molecule has 0 aliphatic carbocycles. The van der Waals surface area contributed by atoms with Crippen LogP contribution in [0.15, 0.2) is 36.8 Å². The van der Waals surface area contributed by atoms with Crippen molar-refractivity contribution in [1.29, 1.82) is 5.26 Å². The number of benzene rings is 1. The van der Waals surface area contributed by atoms with E-state index >= 15 is 0 Å². The number of H-pyrrole nitrogens is 1. The summed E-state index contributed by atoms with van der Waals surface area (Å²) in [5, 5.41) is 11.0. The molecule has 1 aromatic carbocycles. The van der Waals surface area contributed by atoms with Gasteiger partial charge in [-0.15, -0.1) is 0 Å². The lowest BCUT2D eigenvalue weighted by molar-refractivity contribution is 0.0795. The maximum absolute atomic E-state index is 12.7. The summed E-state index contributed by atoms with van der Waals surface area (Å²) in [4.78, 5) is 33.1. The first kappa shape index (κ1) is 18.2. The van der Waals surface area contributed by atoms with E-state index in [0.717, 1.165) is 16.2 Å². The third kappa shape index (κ3) is 4.91. The quantitative estimate of drug-likeness (QED) is 0.790. The zero-order valence-electron chi connectivity index (χ0n) is 14.3. The van der Waals surface area contributed by atoms with E-state index < -0.39 is 6.03 Å². The average molecular weight is 339 g/mol. The molecule has 2 rings (SSSR count). The molecule has 0 fully saturated rings. The molecular weight excluding hydrogens is 318 g/mol. The van der Waals surface area contributed by atoms with Crippen molar-refractivity contribution in [2.45, 2.75) is 20.3 Å². The number of aromatic nitrogens is 2. The number of imide groups is 1. The van der Waals surface area contributed by atoms with Crippen LogP contribution in [0.3, 0.4) is 0 Å². The molecule has 0 saturated heterocycles. The minimum atomic E-state index is -0.552. The minimum Gasteiger partial charge on any atom is -0.351 e. The molecular formula is C18H21N5O2. The van der Waals surface area contributed by atoms with Gasteiger partial charge in [0.25, 0.3) is 5.91 Å². The molecule has 7 heteroatoms. The van der Waals surface area contributed by atoms with Crippen molar-refractivity contribution in [3.63, 3.8) is 0 Å². The van der Waals surface area contributed by atoms with Crippen molar-refractivity contribution >= 4 is 11.9 Å². The van der Waals surface area contributed by atoms with E-state index in [2.05, 4.69) is 15.3 Å². The molecule has 130 valence electrons. The number of urea groups is 1. The smallest absolute Gasteiger partial charge is 0.325 e. The number of nitrogens with zero attached hydrogens (tertiary/aromatic N) is 3. The zero-order chi connectivity index (χ0) is 18.2. The van der Waals surface area contributed by atoms with Gasteiger partial charge in [0, 0.05) is 23.9 Å². The van der Waals surface area contributed by atoms with Crippen LogP contribution in [0.1, 0.15) is 30.6 Å². The molecule has 0 aliphatic rings. The molecule has 7 nitrogen and oxygen atoms in total. The number of aromatic amines is 1. The van der Waals surface area contributed by atoms with Gasteiger partial charge < -0.3 is 10.3 Å². The first-order valence-corrected chi connectivity index (χ1v) is 8.08. The molecule has 1 heterocycles. The van der Waals surface area contributed by atoms with Crippen molar-refractivity contribution in [1.82, 2.24) is 20.2 Å². The van der Waals surface area contributed by atoms with Gasteiger partial charge in [-0.2, -0.15) is 5.26 Å². The van der Waals surface area contributed by atoms with E-state index in [9.17, 15) is 9.59 Å². The Labute approximate surface area is 146 Å². The lowest BCUT2D eigenvalue weighted by Crippen LogP contribution is -2.44. The van der Waals surface area contributed by atoms with Crippen molar-refractivity contribution in [2.75, 3.05) is 13.1 Å². The third-order valence-electron chi connectivity index (χ3n) is 3.66. The van der Waals surface area contributed by atoms with Crippen LogP contribution in [0.25, 0.3) is 11.3 Å². The van der Waals surface area contributed by atoms with Crippen LogP contribution in [0, 0.1) is 17.2 Å². The summed E-state index contributed by atoms with van der Waals surface area (Å²) in [5.41, 5.74) is 2.07. The number of carbonyl (C=O) groups excluding carboxylic acids is 2. The van der Waals surface area contributed by atoms with E-state index in [1.807, 2.05) is 19.9 Å². The van der Waals surface area contributed by atoms with Crippen LogP contribution in [-0.2, 0) is 0 Å². The highest BCUT2D eigenvalue weighted by Crippen LogP contribution is 2.17. The molecule has 1 aromatic heterocycles. The maximum atomic E-state index is 12.7. The average Bonchev–Trinajstić information content (AvgIpc) is 3.14. The van der Waals surface area contributed by atoms with Gasteiger partial charge in [-0.05, 0) is 24.5 Å². The number of nitrogens with one attached hydrogen (secondary N) is 2. The SMILES string of the molecule is CC(C)CCN(C(=O)NCC#N)C(=O)c1ccc(-c2c[nH]cn2)cc1. The zero-order valence-corrected chi connectivity index (χ0v) is 14.3. The Bertz CT molecular complexity index is 745. The standard InChI is InChI=1S/C18H21N5O2/c1-13(2)7-10-23(18(25)21-9-8-19)17(24)15-5-3-14(4-6-15)16-11-20-12-22-16/h3-6,11-13H,7,9-10H2,1-2H3,(H,20,22)(H,21,25). The van der Waals surface area contributed by atoms with Crippen LogP contribution in [0.2, 0.25) is 0 Å². The molecule has 0 saturated carbocycles. The Kier molecular flexibility index (Phi) is 6.29. The number of rotatable bonds is 6. The minimum absolute atomic E-state index is 0.137. The van der Waals surface area contributed by atoms with Gasteiger partial charge in [0.1, 0.15) is 6.54 Å². The number of imidazole rings is 1. The fraction of sp³-hybridized carbons (Fsp3) is 0.333. The maximum Gasteiger partial charge on any atom is 0.325 e. The summed E-state index contributed by atoms with van der Waals surface area (Å²) in [6, 6.07) is 8.21. The number of amides is 3. The summed E-state index contributed by atoms with van der Waals surface area (Å²) in [6.07, 6.45) is 4.04. The van der Waals surface area contributed by atoms with Gasteiger partial charge >= 0.3 is 6.03 Å². The summed E-state index contributed by atoms with van der Waals surface area (Å²) in [7, 11) is 0. The molecule has 0 aliphatic heterocycles. The normalized spacial score (nSPS) is 10.3. The van der Waals surface area contributed by atoms with Gasteiger partial charge in [-0.25, -0.2) is 9.78 Å². The van der Waals surface area contributed by atoms with Gasteiger partial charge in [-0.3, -0.25) is 9.69 Å². The third-order valence-corrected chi connectivity index (χ3v) is 3.66. The fourth-order valence-electron chi connectivity index (χ4n) is 2.25. The lowest BCUT2D eigenvalue weighted by Gasteiger charge is -2.21.